The Morgan fingerprint density at radius 2 is 1.93 bits per heavy atom. The summed E-state index contributed by atoms with van der Waals surface area (Å²) >= 11 is 0. The first-order valence-electron chi connectivity index (χ1n) is 4.59. The molecule has 0 rings (SSSR count). The van der Waals surface area contributed by atoms with Gasteiger partial charge >= 0.3 is 0 Å². The van der Waals surface area contributed by atoms with Crippen molar-refractivity contribution < 1.29 is 9.59 Å². The number of hydrogen-bond acceptors (Lipinski definition) is 4. The Morgan fingerprint density at radius 3 is 2.00 bits per heavy atom. The second-order valence-corrected chi connectivity index (χ2v) is 3.28. The van der Waals surface area contributed by atoms with Crippen molar-refractivity contribution in [1.29, 1.82) is 0 Å². The summed E-state index contributed by atoms with van der Waals surface area (Å²) in [5.41, 5.74) is 9.75. The Kier molecular flexibility index (Phi) is 11.3. The average molecular weight is 203 g/mol. The van der Waals surface area contributed by atoms with Crippen LogP contribution in [0.3, 0.4) is 0 Å². The van der Waals surface area contributed by atoms with Crippen LogP contribution >= 0.6 is 0 Å². The maximum Gasteiger partial charge on any atom is 0.234 e. The van der Waals surface area contributed by atoms with E-state index in [1.165, 1.54) is 0 Å². The Hall–Kier alpha value is -0.940. The number of primary amides is 1. The minimum absolute atomic E-state index is 0.139. The number of amides is 1. The first kappa shape index (κ1) is 15.5. The number of hydrogen-bond donors (Lipinski definition) is 3. The number of aldehydes is 1. The molecule has 0 bridgehead atoms. The maximum atomic E-state index is 10.6. The first-order chi connectivity index (χ1) is 6.49. The molecule has 0 fully saturated rings. The zero-order chi connectivity index (χ0) is 11.6. The molecule has 0 aromatic heterocycles. The molecular weight excluding hydrogens is 182 g/mol. The Balaban J connectivity index is 0. The van der Waals surface area contributed by atoms with Gasteiger partial charge in [0, 0.05) is 6.54 Å². The van der Waals surface area contributed by atoms with E-state index in [0.717, 1.165) is 6.42 Å². The standard InChI is InChI=1S/C7H16N2O.C2H5NO/c1-5(2)4-6(9-3)7(8)10;3-1-2-4/h5-6,9H,4H2,1-3H3,(H2,8,10);2H,1,3H2. The summed E-state index contributed by atoms with van der Waals surface area (Å²) in [6.45, 7) is 4.26. The highest BCUT2D eigenvalue weighted by atomic mass is 16.1. The molecule has 5 N–H and O–H groups in total. The molecule has 0 aliphatic rings. The lowest BCUT2D eigenvalue weighted by molar-refractivity contribution is -0.120. The summed E-state index contributed by atoms with van der Waals surface area (Å²) in [6.07, 6.45) is 1.46. The van der Waals surface area contributed by atoms with E-state index in [9.17, 15) is 4.79 Å². The van der Waals surface area contributed by atoms with Gasteiger partial charge in [-0.3, -0.25) is 4.79 Å². The van der Waals surface area contributed by atoms with Gasteiger partial charge in [-0.15, -0.1) is 0 Å². The van der Waals surface area contributed by atoms with Crippen molar-refractivity contribution in [2.75, 3.05) is 13.6 Å². The lowest BCUT2D eigenvalue weighted by Crippen LogP contribution is -2.39. The molecule has 1 amide bonds. The van der Waals surface area contributed by atoms with E-state index in [1.54, 1.807) is 7.05 Å². The molecule has 0 saturated heterocycles. The molecule has 0 aliphatic heterocycles. The van der Waals surface area contributed by atoms with Gasteiger partial charge in [0.2, 0.25) is 5.91 Å². The Bertz CT molecular complexity index is 160. The highest BCUT2D eigenvalue weighted by Crippen LogP contribution is 2.02. The molecule has 0 saturated carbocycles. The van der Waals surface area contributed by atoms with Crippen molar-refractivity contribution in [3.8, 4) is 0 Å². The highest BCUT2D eigenvalue weighted by molar-refractivity contribution is 5.79. The van der Waals surface area contributed by atoms with Gasteiger partial charge in [0.1, 0.15) is 6.29 Å². The van der Waals surface area contributed by atoms with E-state index in [1.807, 2.05) is 0 Å². The highest BCUT2D eigenvalue weighted by Gasteiger charge is 2.13. The monoisotopic (exact) mass is 203 g/mol. The number of nitrogens with one attached hydrogen (secondary N) is 1. The third kappa shape index (κ3) is 11.1. The number of carbonyl (C=O) groups is 2. The molecule has 1 unspecified atom stereocenters. The van der Waals surface area contributed by atoms with E-state index in [2.05, 4.69) is 24.9 Å². The fraction of sp³-hybridized carbons (Fsp3) is 0.778. The van der Waals surface area contributed by atoms with Crippen molar-refractivity contribution in [1.82, 2.24) is 5.32 Å². The van der Waals surface area contributed by atoms with Crippen LogP contribution in [-0.4, -0.2) is 31.8 Å². The summed E-state index contributed by atoms with van der Waals surface area (Å²) < 4.78 is 0. The summed E-state index contributed by atoms with van der Waals surface area (Å²) in [6, 6.07) is -0.167. The Labute approximate surface area is 85.2 Å². The van der Waals surface area contributed by atoms with Gasteiger partial charge in [0.05, 0.1) is 6.04 Å². The lowest BCUT2D eigenvalue weighted by atomic mass is 10.0. The molecule has 5 heteroatoms. The van der Waals surface area contributed by atoms with Crippen molar-refractivity contribution in [3.05, 3.63) is 0 Å². The maximum absolute atomic E-state index is 10.6. The van der Waals surface area contributed by atoms with Gasteiger partial charge in [0.15, 0.2) is 0 Å². The number of rotatable bonds is 5. The van der Waals surface area contributed by atoms with Gasteiger partial charge in [-0.2, -0.15) is 0 Å². The van der Waals surface area contributed by atoms with Crippen LogP contribution in [0.4, 0.5) is 0 Å². The van der Waals surface area contributed by atoms with Crippen LogP contribution in [0.2, 0.25) is 0 Å². The van der Waals surface area contributed by atoms with Crippen LogP contribution in [0.25, 0.3) is 0 Å². The van der Waals surface area contributed by atoms with E-state index < -0.39 is 0 Å². The molecule has 1 atom stereocenters. The molecule has 0 aromatic carbocycles. The van der Waals surface area contributed by atoms with Crippen LogP contribution in [-0.2, 0) is 9.59 Å². The topological polar surface area (TPSA) is 98.2 Å². The summed E-state index contributed by atoms with van der Waals surface area (Å²) in [5.74, 6) is 0.237. The predicted octanol–water partition coefficient (Wildman–Crippen LogP) is -0.750. The molecule has 0 aromatic rings. The SMILES string of the molecule is CNC(CC(C)C)C(N)=O.NCC=O. The van der Waals surface area contributed by atoms with Crippen molar-refractivity contribution in [2.45, 2.75) is 26.3 Å². The number of likely N-dealkylation sites (N-methyl/N-ethyl adjacent to an activating group) is 1. The average Bonchev–Trinajstić information content (AvgIpc) is 2.14. The van der Waals surface area contributed by atoms with Crippen molar-refractivity contribution in [3.63, 3.8) is 0 Å². The fourth-order valence-corrected chi connectivity index (χ4v) is 0.848. The molecule has 0 spiro atoms. The third-order valence-electron chi connectivity index (χ3n) is 1.50. The van der Waals surface area contributed by atoms with Crippen molar-refractivity contribution >= 4 is 12.2 Å². The second-order valence-electron chi connectivity index (χ2n) is 3.28. The van der Waals surface area contributed by atoms with E-state index >= 15 is 0 Å². The van der Waals surface area contributed by atoms with Crippen molar-refractivity contribution in [2.24, 2.45) is 17.4 Å². The lowest BCUT2D eigenvalue weighted by Gasteiger charge is -2.13. The predicted molar refractivity (Wildman–Crippen MR) is 56.6 cm³/mol. The second kappa shape index (κ2) is 10.1. The fourth-order valence-electron chi connectivity index (χ4n) is 0.848. The van der Waals surface area contributed by atoms with Gasteiger partial charge in [-0.05, 0) is 19.4 Å². The van der Waals surface area contributed by atoms with Gasteiger partial charge in [-0.25, -0.2) is 0 Å². The quantitative estimate of drug-likeness (QED) is 0.512. The van der Waals surface area contributed by atoms with E-state index in [0.29, 0.717) is 12.2 Å². The van der Waals surface area contributed by atoms with Crippen LogP contribution < -0.4 is 16.8 Å². The van der Waals surface area contributed by atoms with E-state index in [4.69, 9.17) is 10.5 Å². The first-order valence-corrected chi connectivity index (χ1v) is 4.59. The Morgan fingerprint density at radius 1 is 1.50 bits per heavy atom. The van der Waals surface area contributed by atoms with Gasteiger partial charge < -0.3 is 21.6 Å². The summed E-state index contributed by atoms with van der Waals surface area (Å²) in [7, 11) is 1.75. The molecule has 84 valence electrons. The summed E-state index contributed by atoms with van der Waals surface area (Å²) in [4.78, 5) is 19.7. The molecule has 14 heavy (non-hydrogen) atoms. The largest absolute Gasteiger partial charge is 0.368 e. The minimum atomic E-state index is -0.267. The number of carbonyl (C=O) groups excluding carboxylic acids is 2. The van der Waals surface area contributed by atoms with Crippen LogP contribution in [0, 0.1) is 5.92 Å². The van der Waals surface area contributed by atoms with Crippen LogP contribution in [0.15, 0.2) is 0 Å². The zero-order valence-corrected chi connectivity index (χ0v) is 9.12. The van der Waals surface area contributed by atoms with Gasteiger partial charge in [0.25, 0.3) is 0 Å². The number of nitrogens with two attached hydrogens (primary N) is 2. The zero-order valence-electron chi connectivity index (χ0n) is 9.12. The minimum Gasteiger partial charge on any atom is -0.368 e. The van der Waals surface area contributed by atoms with Gasteiger partial charge in [-0.1, -0.05) is 13.8 Å². The van der Waals surface area contributed by atoms with Crippen LogP contribution in [0.1, 0.15) is 20.3 Å². The summed E-state index contributed by atoms with van der Waals surface area (Å²) in [5, 5.41) is 2.86. The van der Waals surface area contributed by atoms with E-state index in [-0.39, 0.29) is 18.5 Å². The smallest absolute Gasteiger partial charge is 0.234 e. The molecular formula is C9H21N3O2. The normalized spacial score (nSPS) is 11.5. The molecule has 0 radical (unpaired) electrons. The molecule has 0 aliphatic carbocycles. The van der Waals surface area contributed by atoms with Crippen LogP contribution in [0.5, 0.6) is 0 Å². The molecule has 0 heterocycles. The molecule has 5 nitrogen and oxygen atoms in total. The third-order valence-corrected chi connectivity index (χ3v) is 1.50.